The van der Waals surface area contributed by atoms with Gasteiger partial charge in [-0.2, -0.15) is 0 Å². The molecular weight excluding hydrogens is 466 g/mol. The number of sulfone groups is 1. The average molecular weight is 495 g/mol. The fourth-order valence-corrected chi connectivity index (χ4v) is 6.61. The topological polar surface area (TPSA) is 76.1 Å². The van der Waals surface area contributed by atoms with Crippen LogP contribution in [0.25, 0.3) is 0 Å². The number of carbonyl (C=O) groups excluding carboxylic acids is 1. The fraction of sp³-hybridized carbons (Fsp3) is 0.500. The van der Waals surface area contributed by atoms with Crippen LogP contribution < -0.4 is 5.32 Å². The first-order valence-electron chi connectivity index (χ1n) is 11.3. The molecule has 2 aliphatic rings. The second kappa shape index (κ2) is 10.1. The Morgan fingerprint density at radius 3 is 2.33 bits per heavy atom. The van der Waals surface area contributed by atoms with E-state index < -0.39 is 28.1 Å². The van der Waals surface area contributed by atoms with Gasteiger partial charge in [0.25, 0.3) is 0 Å². The summed E-state index contributed by atoms with van der Waals surface area (Å²) in [5, 5.41) is 2.50. The molecule has 1 unspecified atom stereocenters. The molecule has 5 nitrogen and oxygen atoms in total. The van der Waals surface area contributed by atoms with Crippen molar-refractivity contribution in [3.05, 3.63) is 48.2 Å². The van der Waals surface area contributed by atoms with Crippen LogP contribution in [-0.2, 0) is 14.6 Å². The summed E-state index contributed by atoms with van der Waals surface area (Å²) in [5.41, 5.74) is 0.623. The minimum atomic E-state index is -3.33. The monoisotopic (exact) mass is 494 g/mol. The number of anilines is 1. The molecule has 0 aliphatic heterocycles. The van der Waals surface area contributed by atoms with E-state index in [1.807, 2.05) is 13.0 Å². The van der Waals surface area contributed by atoms with Crippen molar-refractivity contribution in [3.63, 3.8) is 0 Å². The van der Waals surface area contributed by atoms with E-state index in [4.69, 9.17) is 0 Å². The Balaban J connectivity index is 1.54. The van der Waals surface area contributed by atoms with E-state index in [0.29, 0.717) is 24.2 Å². The zero-order chi connectivity index (χ0) is 23.6. The molecule has 4 rings (SSSR count). The Hall–Kier alpha value is -2.00. The first-order valence-corrected chi connectivity index (χ1v) is 13.8. The minimum absolute atomic E-state index is 0.0836. The van der Waals surface area contributed by atoms with Crippen molar-refractivity contribution in [2.75, 3.05) is 11.1 Å². The van der Waals surface area contributed by atoms with Gasteiger partial charge in [-0.1, -0.05) is 19.1 Å². The van der Waals surface area contributed by atoms with Crippen molar-refractivity contribution in [1.29, 1.82) is 0 Å². The van der Waals surface area contributed by atoms with Crippen molar-refractivity contribution in [1.82, 2.24) is 4.98 Å². The maximum absolute atomic E-state index is 13.8. The highest BCUT2D eigenvalue weighted by molar-refractivity contribution is 7.99. The number of amides is 1. The van der Waals surface area contributed by atoms with Crippen LogP contribution in [0.1, 0.15) is 50.5 Å². The third-order valence-electron chi connectivity index (χ3n) is 6.27. The smallest absolute Gasteiger partial charge is 0.233 e. The van der Waals surface area contributed by atoms with Crippen molar-refractivity contribution < 1.29 is 22.0 Å². The van der Waals surface area contributed by atoms with Gasteiger partial charge >= 0.3 is 0 Å². The molecule has 2 aliphatic carbocycles. The predicted molar refractivity (Wildman–Crippen MR) is 126 cm³/mol. The van der Waals surface area contributed by atoms with E-state index in [1.165, 1.54) is 12.1 Å². The number of nitrogens with zero attached hydrogens (tertiary/aromatic N) is 1. The third kappa shape index (κ3) is 5.74. The highest BCUT2D eigenvalue weighted by Crippen LogP contribution is 2.39. The molecule has 1 amide bonds. The van der Waals surface area contributed by atoms with Crippen LogP contribution in [0, 0.1) is 5.92 Å². The summed E-state index contributed by atoms with van der Waals surface area (Å²) < 4.78 is 52.6. The number of thioether (sulfide) groups is 1. The van der Waals surface area contributed by atoms with Crippen LogP contribution in [0.3, 0.4) is 0 Å². The SMILES string of the molecule is CCSc1ccc(NC(=O)[C@H](CC2C[C@@H](F)[C@@H](F)C2)c2ccc(S(=O)(=O)C3CC3)cc2)nc1. The van der Waals surface area contributed by atoms with E-state index in [2.05, 4.69) is 10.3 Å². The van der Waals surface area contributed by atoms with E-state index >= 15 is 0 Å². The first kappa shape index (κ1) is 24.1. The summed E-state index contributed by atoms with van der Waals surface area (Å²) in [6, 6.07) is 9.95. The van der Waals surface area contributed by atoms with Crippen LogP contribution in [-0.4, -0.2) is 42.7 Å². The van der Waals surface area contributed by atoms with Crippen LogP contribution in [0.4, 0.5) is 14.6 Å². The lowest BCUT2D eigenvalue weighted by molar-refractivity contribution is -0.118. The number of alkyl halides is 2. The molecule has 1 heterocycles. The number of benzene rings is 1. The second-order valence-corrected chi connectivity index (χ2v) is 12.3. The number of hydrogen-bond acceptors (Lipinski definition) is 5. The maximum Gasteiger partial charge on any atom is 0.233 e. The van der Waals surface area contributed by atoms with E-state index in [0.717, 1.165) is 10.6 Å². The summed E-state index contributed by atoms with van der Waals surface area (Å²) in [4.78, 5) is 18.7. The molecule has 0 bridgehead atoms. The number of nitrogens with one attached hydrogen (secondary N) is 1. The molecule has 2 saturated carbocycles. The van der Waals surface area contributed by atoms with E-state index in [9.17, 15) is 22.0 Å². The zero-order valence-electron chi connectivity index (χ0n) is 18.4. The quantitative estimate of drug-likeness (QED) is 0.477. The largest absolute Gasteiger partial charge is 0.310 e. The molecule has 1 N–H and O–H groups in total. The van der Waals surface area contributed by atoms with Gasteiger partial charge in [-0.25, -0.2) is 22.2 Å². The first-order chi connectivity index (χ1) is 15.8. The fourth-order valence-electron chi connectivity index (χ4n) is 4.33. The molecule has 1 aromatic carbocycles. The van der Waals surface area contributed by atoms with Crippen LogP contribution in [0.15, 0.2) is 52.4 Å². The van der Waals surface area contributed by atoms with Gasteiger partial charge in [-0.05, 0) is 73.6 Å². The van der Waals surface area contributed by atoms with Crippen molar-refractivity contribution in [3.8, 4) is 0 Å². The third-order valence-corrected chi connectivity index (χ3v) is 9.41. The van der Waals surface area contributed by atoms with Crippen molar-refractivity contribution >= 4 is 33.3 Å². The van der Waals surface area contributed by atoms with E-state index in [1.54, 1.807) is 36.2 Å². The molecule has 0 spiro atoms. The molecule has 1 aromatic heterocycles. The summed E-state index contributed by atoms with van der Waals surface area (Å²) in [6.45, 7) is 2.04. The standard InChI is InChI=1S/C24H28F2N2O3S2/c1-2-32-17-5-10-23(27-14-17)28-24(29)20(11-15-12-21(25)22(26)13-15)16-3-6-18(7-4-16)33(30,31)19-8-9-19/h3-7,10,14-15,19-22H,2,8-9,11-13H2,1H3,(H,27,28,29)/t15?,20-,21-,22+/m1/s1. The molecule has 2 fully saturated rings. The highest BCUT2D eigenvalue weighted by Gasteiger charge is 2.38. The van der Waals surface area contributed by atoms with Crippen LogP contribution in [0.2, 0.25) is 0 Å². The minimum Gasteiger partial charge on any atom is -0.310 e. The lowest BCUT2D eigenvalue weighted by atomic mass is 9.87. The summed E-state index contributed by atoms with van der Waals surface area (Å²) in [5.74, 6) is 0.0492. The maximum atomic E-state index is 13.8. The molecule has 0 saturated heterocycles. The molecular formula is C24H28F2N2O3S2. The Morgan fingerprint density at radius 2 is 1.79 bits per heavy atom. The van der Waals surface area contributed by atoms with Gasteiger partial charge in [0.1, 0.15) is 18.2 Å². The van der Waals surface area contributed by atoms with Crippen LogP contribution >= 0.6 is 11.8 Å². The van der Waals surface area contributed by atoms with Crippen molar-refractivity contribution in [2.45, 2.75) is 72.3 Å². The van der Waals surface area contributed by atoms with Gasteiger partial charge in [0, 0.05) is 11.1 Å². The predicted octanol–water partition coefficient (Wildman–Crippen LogP) is 5.33. The summed E-state index contributed by atoms with van der Waals surface area (Å²) >= 11 is 1.64. The number of aromatic nitrogens is 1. The lowest BCUT2D eigenvalue weighted by Crippen LogP contribution is -2.24. The number of pyridine rings is 1. The number of carbonyl (C=O) groups is 1. The molecule has 178 valence electrons. The van der Waals surface area contributed by atoms with Gasteiger partial charge in [-0.15, -0.1) is 11.8 Å². The van der Waals surface area contributed by atoms with Gasteiger partial charge in [0.15, 0.2) is 9.84 Å². The van der Waals surface area contributed by atoms with Gasteiger partial charge in [0.05, 0.1) is 16.1 Å². The average Bonchev–Trinajstić information content (AvgIpc) is 3.60. The molecule has 33 heavy (non-hydrogen) atoms. The van der Waals surface area contributed by atoms with Gasteiger partial charge < -0.3 is 5.32 Å². The zero-order valence-corrected chi connectivity index (χ0v) is 20.0. The second-order valence-electron chi connectivity index (χ2n) is 8.77. The number of hydrogen-bond donors (Lipinski definition) is 1. The highest BCUT2D eigenvalue weighted by atomic mass is 32.2. The lowest BCUT2D eigenvalue weighted by Gasteiger charge is -2.21. The van der Waals surface area contributed by atoms with E-state index in [-0.39, 0.29) is 41.2 Å². The Morgan fingerprint density at radius 1 is 1.12 bits per heavy atom. The normalized spacial score (nSPS) is 23.9. The molecule has 0 radical (unpaired) electrons. The molecule has 4 atom stereocenters. The van der Waals surface area contributed by atoms with Crippen molar-refractivity contribution in [2.24, 2.45) is 5.92 Å². The van der Waals surface area contributed by atoms with Gasteiger partial charge in [-0.3, -0.25) is 4.79 Å². The number of halogens is 2. The Labute approximate surface area is 197 Å². The summed E-state index contributed by atoms with van der Waals surface area (Å²) in [6.07, 6.45) is 0.480. The Kier molecular flexibility index (Phi) is 7.38. The molecule has 9 heteroatoms. The summed E-state index contributed by atoms with van der Waals surface area (Å²) in [7, 11) is -3.33. The number of rotatable bonds is 9. The Bertz CT molecular complexity index is 1060. The molecule has 2 aromatic rings. The van der Waals surface area contributed by atoms with Gasteiger partial charge in [0.2, 0.25) is 5.91 Å². The van der Waals surface area contributed by atoms with Crippen LogP contribution in [0.5, 0.6) is 0 Å².